The van der Waals surface area contributed by atoms with Crippen molar-refractivity contribution in [3.8, 4) is 0 Å². The first-order chi connectivity index (χ1) is 10.9. The van der Waals surface area contributed by atoms with Crippen LogP contribution in [-0.2, 0) is 4.74 Å². The molecule has 1 aromatic rings. The molecule has 0 radical (unpaired) electrons. The maximum absolute atomic E-state index is 10.0. The number of ether oxygens (including phenoxy) is 1. The van der Waals surface area contributed by atoms with Crippen molar-refractivity contribution in [1.82, 2.24) is 9.78 Å². The van der Waals surface area contributed by atoms with Crippen molar-refractivity contribution in [3.63, 3.8) is 0 Å². The molecule has 1 unspecified atom stereocenters. The van der Waals surface area contributed by atoms with Gasteiger partial charge in [-0.25, -0.2) is 4.68 Å². The van der Waals surface area contributed by atoms with E-state index in [1.165, 1.54) is 0 Å². The summed E-state index contributed by atoms with van der Waals surface area (Å²) in [6.45, 7) is -0.546. The van der Waals surface area contributed by atoms with E-state index in [1.54, 1.807) is 0 Å². The first-order valence-corrected chi connectivity index (χ1v) is 6.33. The monoisotopic (exact) mass is 331 g/mol. The quantitative estimate of drug-likeness (QED) is 0.116. The minimum absolute atomic E-state index is 0.152. The zero-order valence-corrected chi connectivity index (χ0v) is 11.7. The molecule has 0 spiro atoms. The van der Waals surface area contributed by atoms with Gasteiger partial charge in [0.1, 0.15) is 29.8 Å². The molecular formula is C10H17N7O6. The summed E-state index contributed by atoms with van der Waals surface area (Å²) in [4.78, 5) is 0. The summed E-state index contributed by atoms with van der Waals surface area (Å²) < 4.78 is 6.20. The van der Waals surface area contributed by atoms with Crippen LogP contribution >= 0.6 is 0 Å². The fourth-order valence-electron chi connectivity index (χ4n) is 2.25. The number of nitrogen functional groups attached to an aromatic ring is 1. The van der Waals surface area contributed by atoms with Gasteiger partial charge in [-0.3, -0.25) is 0 Å². The smallest absolute Gasteiger partial charge is 0.191 e. The summed E-state index contributed by atoms with van der Waals surface area (Å²) in [6.07, 6.45) is -5.17. The lowest BCUT2D eigenvalue weighted by atomic mass is 10.1. The second kappa shape index (κ2) is 6.25. The molecule has 1 aliphatic heterocycles. The molecular weight excluding hydrogens is 314 g/mol. The molecule has 23 heavy (non-hydrogen) atoms. The summed E-state index contributed by atoms with van der Waals surface area (Å²) in [5, 5.41) is 55.9. The van der Waals surface area contributed by atoms with Crippen LogP contribution < -0.4 is 17.2 Å². The van der Waals surface area contributed by atoms with Crippen molar-refractivity contribution in [1.29, 1.82) is 0 Å². The fraction of sp³-hybridized carbons (Fsp3) is 0.500. The molecule has 0 aromatic carbocycles. The number of hydrogen-bond acceptors (Lipinski definition) is 10. The van der Waals surface area contributed by atoms with Crippen LogP contribution in [0, 0.1) is 0 Å². The Morgan fingerprint density at radius 3 is 2.26 bits per heavy atom. The molecule has 13 heteroatoms. The zero-order chi connectivity index (χ0) is 17.3. The van der Waals surface area contributed by atoms with Gasteiger partial charge in [0.15, 0.2) is 17.9 Å². The Labute approximate surface area is 128 Å². The van der Waals surface area contributed by atoms with Crippen molar-refractivity contribution in [2.75, 3.05) is 12.3 Å². The molecule has 13 nitrogen and oxygen atoms in total. The van der Waals surface area contributed by atoms with E-state index in [2.05, 4.69) is 15.4 Å². The van der Waals surface area contributed by atoms with Crippen LogP contribution in [0.15, 0.2) is 10.3 Å². The molecule has 2 heterocycles. The molecule has 128 valence electrons. The number of anilines is 1. The van der Waals surface area contributed by atoms with Gasteiger partial charge < -0.3 is 47.7 Å². The van der Waals surface area contributed by atoms with Gasteiger partial charge in [0, 0.05) is 0 Å². The number of hydrogen-bond donors (Lipinski definition) is 8. The Morgan fingerprint density at radius 1 is 1.17 bits per heavy atom. The molecule has 1 aliphatic rings. The van der Waals surface area contributed by atoms with Crippen LogP contribution in [-0.4, -0.2) is 72.1 Å². The highest BCUT2D eigenvalue weighted by molar-refractivity contribution is 6.11. The van der Waals surface area contributed by atoms with Gasteiger partial charge in [0.05, 0.1) is 12.2 Å². The lowest BCUT2D eigenvalue weighted by Gasteiger charge is -2.16. The maximum atomic E-state index is 10.0. The Kier molecular flexibility index (Phi) is 4.55. The first-order valence-electron chi connectivity index (χ1n) is 6.33. The minimum atomic E-state index is -1.46. The number of nitrogens with zero attached hydrogens (tertiary/aromatic N) is 4. The summed E-state index contributed by atoms with van der Waals surface area (Å²) in [5.41, 5.74) is 16.4. The molecule has 0 saturated carbocycles. The fourth-order valence-corrected chi connectivity index (χ4v) is 2.25. The predicted molar refractivity (Wildman–Crippen MR) is 74.7 cm³/mol. The number of aliphatic hydroxyl groups is 3. The minimum Gasteiger partial charge on any atom is -0.409 e. The van der Waals surface area contributed by atoms with Crippen LogP contribution in [0.25, 0.3) is 0 Å². The van der Waals surface area contributed by atoms with Crippen LogP contribution in [0.3, 0.4) is 0 Å². The highest BCUT2D eigenvalue weighted by Crippen LogP contribution is 2.32. The summed E-state index contributed by atoms with van der Waals surface area (Å²) in [6, 6.07) is 0. The summed E-state index contributed by atoms with van der Waals surface area (Å²) in [5.74, 6) is -1.18. The SMILES string of the molecule is NC(=NO)c1nn(C2O[C@H](CO)[C@@H](O)[C@H]2O)c(N)c1/C(N)=N/O. The van der Waals surface area contributed by atoms with Gasteiger partial charge >= 0.3 is 0 Å². The number of rotatable bonds is 4. The van der Waals surface area contributed by atoms with E-state index in [0.29, 0.717) is 0 Å². The number of nitrogens with two attached hydrogens (primary N) is 3. The van der Waals surface area contributed by atoms with Crippen molar-refractivity contribution in [2.24, 2.45) is 21.8 Å². The number of oxime groups is 2. The molecule has 0 aliphatic carbocycles. The average molecular weight is 331 g/mol. The molecule has 1 aromatic heterocycles. The van der Waals surface area contributed by atoms with Crippen LogP contribution in [0.5, 0.6) is 0 Å². The molecule has 2 rings (SSSR count). The standard InChI is InChI=1S/C10H17N7O6/c11-7(15-21)3-4(8(12)16-22)14-17(9(3)13)10-6(20)5(19)2(1-18)23-10/h2,5-6,10,18-22H,1,13H2,(H2,11,15)(H2,12,16)/t2-,5-,6-,10?/m1/s1. The van der Waals surface area contributed by atoms with Crippen molar-refractivity contribution in [3.05, 3.63) is 11.3 Å². The van der Waals surface area contributed by atoms with Gasteiger partial charge in [-0.05, 0) is 0 Å². The number of amidine groups is 2. The Hall–Kier alpha value is -2.61. The van der Waals surface area contributed by atoms with Crippen molar-refractivity contribution < 1.29 is 30.5 Å². The second-order valence-electron chi connectivity index (χ2n) is 4.75. The highest BCUT2D eigenvalue weighted by atomic mass is 16.6. The second-order valence-corrected chi connectivity index (χ2v) is 4.75. The molecule has 11 N–H and O–H groups in total. The van der Waals surface area contributed by atoms with Gasteiger partial charge in [0.2, 0.25) is 0 Å². The lowest BCUT2D eigenvalue weighted by Crippen LogP contribution is -2.33. The first kappa shape index (κ1) is 16.8. The van der Waals surface area contributed by atoms with E-state index in [9.17, 15) is 10.2 Å². The Bertz CT molecular complexity index is 644. The van der Waals surface area contributed by atoms with Crippen LogP contribution in [0.1, 0.15) is 17.5 Å². The lowest BCUT2D eigenvalue weighted by molar-refractivity contribution is -0.0574. The van der Waals surface area contributed by atoms with Gasteiger partial charge in [-0.2, -0.15) is 5.10 Å². The predicted octanol–water partition coefficient (Wildman–Crippen LogP) is -3.73. The van der Waals surface area contributed by atoms with E-state index in [0.717, 1.165) is 4.68 Å². The van der Waals surface area contributed by atoms with Crippen LogP contribution in [0.2, 0.25) is 0 Å². The van der Waals surface area contributed by atoms with E-state index in [1.807, 2.05) is 0 Å². The normalized spacial score (nSPS) is 29.2. The third-order valence-corrected chi connectivity index (χ3v) is 3.42. The van der Waals surface area contributed by atoms with Crippen molar-refractivity contribution in [2.45, 2.75) is 24.5 Å². The third-order valence-electron chi connectivity index (χ3n) is 3.42. The van der Waals surface area contributed by atoms with Crippen molar-refractivity contribution >= 4 is 17.5 Å². The number of aromatic nitrogens is 2. The van der Waals surface area contributed by atoms with Gasteiger partial charge in [-0.1, -0.05) is 10.3 Å². The zero-order valence-electron chi connectivity index (χ0n) is 11.7. The largest absolute Gasteiger partial charge is 0.409 e. The molecule has 0 bridgehead atoms. The van der Waals surface area contributed by atoms with E-state index in [4.69, 9.17) is 37.5 Å². The Balaban J connectivity index is 2.55. The van der Waals surface area contributed by atoms with Crippen LogP contribution in [0.4, 0.5) is 5.82 Å². The van der Waals surface area contributed by atoms with E-state index in [-0.39, 0.29) is 17.1 Å². The topological polar surface area (TPSA) is 231 Å². The summed E-state index contributed by atoms with van der Waals surface area (Å²) >= 11 is 0. The van der Waals surface area contributed by atoms with E-state index < -0.39 is 42.8 Å². The highest BCUT2D eigenvalue weighted by Gasteiger charge is 2.45. The van der Waals surface area contributed by atoms with Gasteiger partial charge in [0.25, 0.3) is 0 Å². The molecule has 0 amide bonds. The molecule has 1 saturated heterocycles. The van der Waals surface area contributed by atoms with E-state index >= 15 is 0 Å². The Morgan fingerprint density at radius 2 is 1.78 bits per heavy atom. The average Bonchev–Trinajstić information content (AvgIpc) is 3.04. The molecule has 1 fully saturated rings. The number of aliphatic hydroxyl groups excluding tert-OH is 3. The summed E-state index contributed by atoms with van der Waals surface area (Å²) in [7, 11) is 0. The van der Waals surface area contributed by atoms with Gasteiger partial charge in [-0.15, -0.1) is 0 Å². The molecule has 4 atom stereocenters. The maximum Gasteiger partial charge on any atom is 0.191 e. The third kappa shape index (κ3) is 2.61.